The number of amides is 1. The maximum Gasteiger partial charge on any atom is 0.237 e. The molecule has 4 heteroatoms. The molecule has 1 atom stereocenters. The lowest BCUT2D eigenvalue weighted by Crippen LogP contribution is -2.46. The first-order valence-corrected chi connectivity index (χ1v) is 5.76. The highest BCUT2D eigenvalue weighted by molar-refractivity contribution is 5.81. The van der Waals surface area contributed by atoms with Crippen LogP contribution in [-0.2, 0) is 11.3 Å². The van der Waals surface area contributed by atoms with Crippen LogP contribution in [0.4, 0.5) is 0 Å². The Morgan fingerprint density at radius 3 is 2.94 bits per heavy atom. The average Bonchev–Trinajstić information content (AvgIpc) is 2.38. The summed E-state index contributed by atoms with van der Waals surface area (Å²) in [7, 11) is 0. The van der Waals surface area contributed by atoms with Crippen LogP contribution in [0, 0.1) is 0 Å². The topological polar surface area (TPSA) is 54.0 Å². The Bertz CT molecular complexity index is 333. The van der Waals surface area contributed by atoms with E-state index in [-0.39, 0.29) is 11.9 Å². The van der Waals surface area contributed by atoms with Gasteiger partial charge in [-0.3, -0.25) is 9.78 Å². The van der Waals surface area contributed by atoms with Crippen molar-refractivity contribution in [2.75, 3.05) is 6.54 Å². The van der Waals surface area contributed by atoms with E-state index in [0.29, 0.717) is 6.54 Å². The number of hydrogen-bond acceptors (Lipinski definition) is 3. The van der Waals surface area contributed by atoms with Gasteiger partial charge in [0.1, 0.15) is 0 Å². The van der Waals surface area contributed by atoms with Crippen molar-refractivity contribution < 1.29 is 4.79 Å². The molecule has 1 aliphatic heterocycles. The van der Waals surface area contributed by atoms with E-state index in [1.54, 1.807) is 12.4 Å². The van der Waals surface area contributed by atoms with Crippen LogP contribution >= 0.6 is 0 Å². The maximum absolute atomic E-state index is 11.8. The number of rotatable bonds is 3. The number of nitrogens with one attached hydrogen (secondary N) is 2. The normalized spacial score (nSPS) is 20.4. The molecule has 0 spiro atoms. The first kappa shape index (κ1) is 11.1. The van der Waals surface area contributed by atoms with E-state index in [1.165, 1.54) is 6.42 Å². The zero-order valence-corrected chi connectivity index (χ0v) is 9.28. The van der Waals surface area contributed by atoms with Gasteiger partial charge in [-0.15, -0.1) is 0 Å². The molecule has 2 heterocycles. The van der Waals surface area contributed by atoms with Gasteiger partial charge in [0.2, 0.25) is 5.91 Å². The van der Waals surface area contributed by atoms with Crippen LogP contribution in [0.15, 0.2) is 24.5 Å². The molecule has 0 radical (unpaired) electrons. The first-order valence-electron chi connectivity index (χ1n) is 5.76. The molecule has 4 nitrogen and oxygen atoms in total. The predicted octanol–water partition coefficient (Wildman–Crippen LogP) is 0.840. The van der Waals surface area contributed by atoms with E-state index >= 15 is 0 Å². The molecule has 0 bridgehead atoms. The van der Waals surface area contributed by atoms with E-state index in [0.717, 1.165) is 24.9 Å². The lowest BCUT2D eigenvalue weighted by molar-refractivity contribution is -0.123. The second-order valence-electron chi connectivity index (χ2n) is 4.08. The van der Waals surface area contributed by atoms with Crippen LogP contribution in [0.3, 0.4) is 0 Å². The minimum Gasteiger partial charge on any atom is -0.351 e. The van der Waals surface area contributed by atoms with Crippen LogP contribution in [0.1, 0.15) is 24.8 Å². The van der Waals surface area contributed by atoms with Crippen molar-refractivity contribution in [2.24, 2.45) is 0 Å². The van der Waals surface area contributed by atoms with Crippen LogP contribution in [0.25, 0.3) is 0 Å². The first-order chi connectivity index (χ1) is 7.86. The summed E-state index contributed by atoms with van der Waals surface area (Å²) in [6.07, 6.45) is 6.73. The molecule has 16 heavy (non-hydrogen) atoms. The van der Waals surface area contributed by atoms with E-state index in [2.05, 4.69) is 15.6 Å². The van der Waals surface area contributed by atoms with Gasteiger partial charge in [0.05, 0.1) is 6.04 Å². The number of pyridine rings is 1. The number of aromatic nitrogens is 1. The summed E-state index contributed by atoms with van der Waals surface area (Å²) in [5.41, 5.74) is 1.08. The number of carbonyl (C=O) groups is 1. The largest absolute Gasteiger partial charge is 0.351 e. The third kappa shape index (κ3) is 3.03. The Balaban J connectivity index is 1.79. The summed E-state index contributed by atoms with van der Waals surface area (Å²) < 4.78 is 0. The smallest absolute Gasteiger partial charge is 0.237 e. The van der Waals surface area contributed by atoms with E-state index in [9.17, 15) is 4.79 Å². The average molecular weight is 219 g/mol. The van der Waals surface area contributed by atoms with Gasteiger partial charge in [0.25, 0.3) is 0 Å². The molecule has 0 saturated carbocycles. The van der Waals surface area contributed by atoms with Gasteiger partial charge in [0, 0.05) is 18.9 Å². The van der Waals surface area contributed by atoms with Gasteiger partial charge in [-0.25, -0.2) is 0 Å². The van der Waals surface area contributed by atoms with Crippen molar-refractivity contribution in [1.82, 2.24) is 15.6 Å². The van der Waals surface area contributed by atoms with Crippen molar-refractivity contribution in [2.45, 2.75) is 31.8 Å². The lowest BCUT2D eigenvalue weighted by atomic mass is 10.0. The number of piperidine rings is 1. The Kier molecular flexibility index (Phi) is 3.88. The highest BCUT2D eigenvalue weighted by atomic mass is 16.2. The quantitative estimate of drug-likeness (QED) is 0.792. The van der Waals surface area contributed by atoms with Crippen molar-refractivity contribution in [3.05, 3.63) is 30.1 Å². The van der Waals surface area contributed by atoms with E-state index in [4.69, 9.17) is 0 Å². The summed E-state index contributed by atoms with van der Waals surface area (Å²) in [4.78, 5) is 15.7. The highest BCUT2D eigenvalue weighted by Crippen LogP contribution is 2.07. The Labute approximate surface area is 95.5 Å². The van der Waals surface area contributed by atoms with Gasteiger partial charge in [-0.05, 0) is 37.1 Å². The maximum atomic E-state index is 11.8. The summed E-state index contributed by atoms with van der Waals surface area (Å²) in [6, 6.07) is 3.82. The molecule has 1 aromatic rings. The van der Waals surface area contributed by atoms with Crippen LogP contribution in [-0.4, -0.2) is 23.5 Å². The fourth-order valence-corrected chi connectivity index (χ4v) is 1.89. The monoisotopic (exact) mass is 219 g/mol. The summed E-state index contributed by atoms with van der Waals surface area (Å²) in [5.74, 6) is 0.108. The molecule has 86 valence electrons. The van der Waals surface area contributed by atoms with Crippen LogP contribution in [0.2, 0.25) is 0 Å². The van der Waals surface area contributed by atoms with Crippen LogP contribution < -0.4 is 10.6 Å². The zero-order valence-electron chi connectivity index (χ0n) is 9.28. The van der Waals surface area contributed by atoms with Crippen molar-refractivity contribution in [1.29, 1.82) is 0 Å². The summed E-state index contributed by atoms with van der Waals surface area (Å²) in [6.45, 7) is 1.53. The minimum atomic E-state index is -0.00409. The van der Waals surface area contributed by atoms with E-state index in [1.807, 2.05) is 12.1 Å². The fraction of sp³-hybridized carbons (Fsp3) is 0.500. The molecular weight excluding hydrogens is 202 g/mol. The summed E-state index contributed by atoms with van der Waals surface area (Å²) >= 11 is 0. The molecule has 0 aromatic carbocycles. The molecule has 2 rings (SSSR count). The van der Waals surface area contributed by atoms with Crippen LogP contribution in [0.5, 0.6) is 0 Å². The lowest BCUT2D eigenvalue weighted by Gasteiger charge is -2.22. The van der Waals surface area contributed by atoms with Crippen molar-refractivity contribution in [3.63, 3.8) is 0 Å². The SMILES string of the molecule is O=C(NCc1ccncc1)C1CCCCN1. The van der Waals surface area contributed by atoms with E-state index < -0.39 is 0 Å². The van der Waals surface area contributed by atoms with Gasteiger partial charge in [0.15, 0.2) is 0 Å². The Morgan fingerprint density at radius 1 is 1.44 bits per heavy atom. The molecule has 1 amide bonds. The third-order valence-corrected chi connectivity index (χ3v) is 2.84. The molecule has 1 unspecified atom stereocenters. The number of hydrogen-bond donors (Lipinski definition) is 2. The fourth-order valence-electron chi connectivity index (χ4n) is 1.89. The van der Waals surface area contributed by atoms with Crippen molar-refractivity contribution in [3.8, 4) is 0 Å². The molecule has 0 aliphatic carbocycles. The Morgan fingerprint density at radius 2 is 2.25 bits per heavy atom. The zero-order chi connectivity index (χ0) is 11.2. The van der Waals surface area contributed by atoms with Crippen molar-refractivity contribution >= 4 is 5.91 Å². The second-order valence-corrected chi connectivity index (χ2v) is 4.08. The van der Waals surface area contributed by atoms with Gasteiger partial charge >= 0.3 is 0 Å². The predicted molar refractivity (Wildman–Crippen MR) is 61.7 cm³/mol. The second kappa shape index (κ2) is 5.61. The van der Waals surface area contributed by atoms with Gasteiger partial charge in [-0.1, -0.05) is 6.42 Å². The third-order valence-electron chi connectivity index (χ3n) is 2.84. The van der Waals surface area contributed by atoms with Gasteiger partial charge in [-0.2, -0.15) is 0 Å². The highest BCUT2D eigenvalue weighted by Gasteiger charge is 2.19. The molecule has 1 saturated heterocycles. The summed E-state index contributed by atoms with van der Waals surface area (Å²) in [5, 5.41) is 6.17. The standard InChI is InChI=1S/C12H17N3O/c16-12(11-3-1-2-6-14-11)15-9-10-4-7-13-8-5-10/h4-5,7-8,11,14H,1-3,6,9H2,(H,15,16). The molecule has 1 aliphatic rings. The molecule has 1 aromatic heterocycles. The molecular formula is C12H17N3O. The number of nitrogens with zero attached hydrogens (tertiary/aromatic N) is 1. The molecule has 1 fully saturated rings. The number of carbonyl (C=O) groups excluding carboxylic acids is 1. The minimum absolute atomic E-state index is 0.00409. The molecule has 2 N–H and O–H groups in total. The van der Waals surface area contributed by atoms with Gasteiger partial charge < -0.3 is 10.6 Å². The Hall–Kier alpha value is -1.42.